The molecule has 0 spiro atoms. The molecule has 0 aliphatic carbocycles. The Morgan fingerprint density at radius 2 is 1.82 bits per heavy atom. The molecule has 28 heavy (non-hydrogen) atoms. The number of piperidine rings is 1. The lowest BCUT2D eigenvalue weighted by molar-refractivity contribution is -0.126. The number of anilines is 1. The molecule has 2 aromatic rings. The van der Waals surface area contributed by atoms with Crippen LogP contribution < -0.4 is 15.4 Å². The van der Waals surface area contributed by atoms with Crippen LogP contribution in [0.25, 0.3) is 6.08 Å². The fourth-order valence-electron chi connectivity index (χ4n) is 3.14. The van der Waals surface area contributed by atoms with Gasteiger partial charge in [0.25, 0.3) is 0 Å². The second-order valence-corrected chi connectivity index (χ2v) is 6.67. The molecule has 6 nitrogen and oxygen atoms in total. The van der Waals surface area contributed by atoms with E-state index in [-0.39, 0.29) is 18.0 Å². The minimum absolute atomic E-state index is 0.0185. The zero-order chi connectivity index (χ0) is 19.8. The Hall–Kier alpha value is -3.28. The Morgan fingerprint density at radius 1 is 1.07 bits per heavy atom. The van der Waals surface area contributed by atoms with Crippen molar-refractivity contribution in [1.82, 2.24) is 10.2 Å². The molecule has 146 valence electrons. The van der Waals surface area contributed by atoms with E-state index in [2.05, 4.69) is 10.6 Å². The number of para-hydroxylation sites is 1. The molecule has 0 atom stereocenters. The molecule has 3 rings (SSSR count). The largest absolute Gasteiger partial charge is 0.497 e. The van der Waals surface area contributed by atoms with Crippen LogP contribution in [-0.2, 0) is 4.79 Å². The van der Waals surface area contributed by atoms with E-state index < -0.39 is 0 Å². The summed E-state index contributed by atoms with van der Waals surface area (Å²) < 4.78 is 5.19. The Balaban J connectivity index is 1.44. The smallest absolute Gasteiger partial charge is 0.319 e. The van der Waals surface area contributed by atoms with E-state index in [4.69, 9.17) is 4.74 Å². The van der Waals surface area contributed by atoms with Gasteiger partial charge in [0.05, 0.1) is 7.11 Å². The lowest BCUT2D eigenvalue weighted by Gasteiger charge is -2.31. The van der Waals surface area contributed by atoms with Gasteiger partial charge in [-0.1, -0.05) is 30.3 Å². The fraction of sp³-hybridized carbons (Fsp3) is 0.273. The monoisotopic (exact) mass is 379 g/mol. The fourth-order valence-corrected chi connectivity index (χ4v) is 3.14. The summed E-state index contributed by atoms with van der Waals surface area (Å²) in [6.07, 6.45) is 4.86. The summed E-state index contributed by atoms with van der Waals surface area (Å²) >= 11 is 0. The summed E-state index contributed by atoms with van der Waals surface area (Å²) in [6, 6.07) is 16.7. The summed E-state index contributed by atoms with van der Waals surface area (Å²) in [4.78, 5) is 26.3. The number of methoxy groups -OCH3 is 1. The lowest BCUT2D eigenvalue weighted by Crippen LogP contribution is -2.47. The lowest BCUT2D eigenvalue weighted by atomic mass is 10.0. The van der Waals surface area contributed by atoms with Gasteiger partial charge in [0.1, 0.15) is 5.75 Å². The second-order valence-electron chi connectivity index (χ2n) is 6.67. The molecule has 0 radical (unpaired) electrons. The van der Waals surface area contributed by atoms with Crippen molar-refractivity contribution >= 4 is 23.7 Å². The standard InChI is InChI=1S/C22H25N3O3/c1-28-20-9-5-6-17(16-20)10-11-21(26)25-14-12-19(13-15-25)24-22(27)23-18-7-3-2-4-8-18/h2-11,16,19H,12-15H2,1H3,(H2,23,24,27)/b11-10+. The third-order valence-corrected chi connectivity index (χ3v) is 4.69. The highest BCUT2D eigenvalue weighted by Gasteiger charge is 2.22. The van der Waals surface area contributed by atoms with E-state index in [0.29, 0.717) is 13.1 Å². The van der Waals surface area contributed by atoms with Crippen molar-refractivity contribution in [2.24, 2.45) is 0 Å². The third kappa shape index (κ3) is 5.61. The third-order valence-electron chi connectivity index (χ3n) is 4.69. The molecule has 1 saturated heterocycles. The number of amides is 3. The summed E-state index contributed by atoms with van der Waals surface area (Å²) in [5.74, 6) is 0.741. The van der Waals surface area contributed by atoms with Gasteiger partial charge >= 0.3 is 6.03 Å². The first-order valence-corrected chi connectivity index (χ1v) is 9.37. The van der Waals surface area contributed by atoms with E-state index in [1.165, 1.54) is 0 Å². The van der Waals surface area contributed by atoms with Crippen LogP contribution >= 0.6 is 0 Å². The van der Waals surface area contributed by atoms with Crippen molar-refractivity contribution in [2.45, 2.75) is 18.9 Å². The van der Waals surface area contributed by atoms with Gasteiger partial charge in [0, 0.05) is 30.9 Å². The molecule has 0 unspecified atom stereocenters. The van der Waals surface area contributed by atoms with Gasteiger partial charge in [-0.05, 0) is 48.7 Å². The van der Waals surface area contributed by atoms with Crippen molar-refractivity contribution in [3.8, 4) is 5.75 Å². The maximum Gasteiger partial charge on any atom is 0.319 e. The predicted octanol–water partition coefficient (Wildman–Crippen LogP) is 3.52. The van der Waals surface area contributed by atoms with E-state index in [9.17, 15) is 9.59 Å². The summed E-state index contributed by atoms with van der Waals surface area (Å²) in [7, 11) is 1.62. The molecular weight excluding hydrogens is 354 g/mol. The Morgan fingerprint density at radius 3 is 2.54 bits per heavy atom. The van der Waals surface area contributed by atoms with Crippen LogP contribution in [-0.4, -0.2) is 43.1 Å². The van der Waals surface area contributed by atoms with Crippen molar-refractivity contribution in [3.63, 3.8) is 0 Å². The Bertz CT molecular complexity index is 828. The van der Waals surface area contributed by atoms with E-state index in [0.717, 1.165) is 29.8 Å². The van der Waals surface area contributed by atoms with Gasteiger partial charge < -0.3 is 20.3 Å². The molecule has 2 aromatic carbocycles. The van der Waals surface area contributed by atoms with E-state index in [1.54, 1.807) is 19.3 Å². The highest BCUT2D eigenvalue weighted by Crippen LogP contribution is 2.15. The van der Waals surface area contributed by atoms with Crippen LogP contribution in [0.15, 0.2) is 60.7 Å². The molecule has 1 aliphatic heterocycles. The molecule has 1 aliphatic rings. The highest BCUT2D eigenvalue weighted by atomic mass is 16.5. The van der Waals surface area contributed by atoms with Gasteiger partial charge in [0.15, 0.2) is 0 Å². The molecule has 0 bridgehead atoms. The van der Waals surface area contributed by atoms with Gasteiger partial charge in [-0.15, -0.1) is 0 Å². The number of rotatable bonds is 5. The molecule has 2 N–H and O–H groups in total. The van der Waals surface area contributed by atoms with Crippen molar-refractivity contribution in [1.29, 1.82) is 0 Å². The van der Waals surface area contributed by atoms with Crippen LogP contribution in [0, 0.1) is 0 Å². The predicted molar refractivity (Wildman–Crippen MR) is 110 cm³/mol. The highest BCUT2D eigenvalue weighted by molar-refractivity contribution is 5.92. The number of carbonyl (C=O) groups is 2. The zero-order valence-electron chi connectivity index (χ0n) is 15.9. The Kier molecular flexibility index (Phi) is 6.68. The summed E-state index contributed by atoms with van der Waals surface area (Å²) in [6.45, 7) is 1.25. The number of carbonyl (C=O) groups excluding carboxylic acids is 2. The van der Waals surface area contributed by atoms with Crippen LogP contribution in [0.3, 0.4) is 0 Å². The molecule has 1 heterocycles. The second kappa shape index (κ2) is 9.60. The van der Waals surface area contributed by atoms with Gasteiger partial charge in [-0.3, -0.25) is 4.79 Å². The number of benzene rings is 2. The number of likely N-dealkylation sites (tertiary alicyclic amines) is 1. The average molecular weight is 379 g/mol. The average Bonchev–Trinajstić information content (AvgIpc) is 2.73. The molecule has 6 heteroatoms. The van der Waals surface area contributed by atoms with Crippen molar-refractivity contribution < 1.29 is 14.3 Å². The van der Waals surface area contributed by atoms with Gasteiger partial charge in [0.2, 0.25) is 5.91 Å². The first-order chi connectivity index (χ1) is 13.6. The number of hydrogen-bond donors (Lipinski definition) is 2. The Labute approximate surface area is 165 Å². The van der Waals surface area contributed by atoms with E-state index >= 15 is 0 Å². The minimum Gasteiger partial charge on any atom is -0.497 e. The number of nitrogens with one attached hydrogen (secondary N) is 2. The minimum atomic E-state index is -0.214. The topological polar surface area (TPSA) is 70.7 Å². The maximum atomic E-state index is 12.4. The molecule has 1 fully saturated rings. The van der Waals surface area contributed by atoms with Gasteiger partial charge in [-0.25, -0.2) is 4.79 Å². The van der Waals surface area contributed by atoms with Crippen molar-refractivity contribution in [2.75, 3.05) is 25.5 Å². The normalized spacial score (nSPS) is 14.7. The molecule has 3 amide bonds. The first-order valence-electron chi connectivity index (χ1n) is 9.37. The van der Waals surface area contributed by atoms with Crippen molar-refractivity contribution in [3.05, 3.63) is 66.2 Å². The zero-order valence-corrected chi connectivity index (χ0v) is 15.9. The van der Waals surface area contributed by atoms with Crippen LogP contribution in [0.4, 0.5) is 10.5 Å². The first kappa shape index (κ1) is 19.5. The number of hydrogen-bond acceptors (Lipinski definition) is 3. The number of urea groups is 1. The summed E-state index contributed by atoms with van der Waals surface area (Å²) in [5, 5.41) is 5.80. The van der Waals surface area contributed by atoms with Crippen LogP contribution in [0.5, 0.6) is 5.75 Å². The summed E-state index contributed by atoms with van der Waals surface area (Å²) in [5.41, 5.74) is 1.68. The number of ether oxygens (including phenoxy) is 1. The number of nitrogens with zero attached hydrogens (tertiary/aromatic N) is 1. The van der Waals surface area contributed by atoms with Gasteiger partial charge in [-0.2, -0.15) is 0 Å². The molecular formula is C22H25N3O3. The SMILES string of the molecule is COc1cccc(/C=C/C(=O)N2CCC(NC(=O)Nc3ccccc3)CC2)c1. The van der Waals surface area contributed by atoms with Crippen LogP contribution in [0.2, 0.25) is 0 Å². The molecule has 0 saturated carbocycles. The molecule has 0 aromatic heterocycles. The van der Waals surface area contributed by atoms with Crippen LogP contribution in [0.1, 0.15) is 18.4 Å². The van der Waals surface area contributed by atoms with E-state index in [1.807, 2.05) is 59.5 Å². The quantitative estimate of drug-likeness (QED) is 0.781. The maximum absolute atomic E-state index is 12.4.